The van der Waals surface area contributed by atoms with E-state index in [1.165, 1.54) is 0 Å². The van der Waals surface area contributed by atoms with Crippen LogP contribution in [0.25, 0.3) is 0 Å². The largest absolute Gasteiger partial charge is 0.438 e. The van der Waals surface area contributed by atoms with Crippen molar-refractivity contribution in [3.05, 3.63) is 0 Å². The van der Waals surface area contributed by atoms with Gasteiger partial charge in [0.1, 0.15) is 6.23 Å². The molecule has 3 nitrogen and oxygen atoms in total. The van der Waals surface area contributed by atoms with Crippen LogP contribution in [-0.4, -0.2) is 27.4 Å². The Hall–Kier alpha value is 0.0969. The third-order valence-electron chi connectivity index (χ3n) is 1.03. The van der Waals surface area contributed by atoms with E-state index in [1.54, 1.807) is 0 Å². The highest BCUT2D eigenvalue weighted by Crippen LogP contribution is 1.94. The van der Waals surface area contributed by atoms with Gasteiger partial charge < -0.3 is 15.3 Å². The van der Waals surface area contributed by atoms with E-state index in [9.17, 15) is 0 Å². The topological polar surface area (TPSA) is 55.5 Å². The van der Waals surface area contributed by atoms with E-state index in [4.69, 9.17) is 15.3 Å². The van der Waals surface area contributed by atoms with Crippen LogP contribution in [0.2, 0.25) is 6.04 Å². The number of nitrogens with two attached hydrogens (primary N) is 1. The van der Waals surface area contributed by atoms with Crippen LogP contribution in [0.5, 0.6) is 0 Å². The van der Waals surface area contributed by atoms with Gasteiger partial charge in [0.15, 0.2) is 9.76 Å². The van der Waals surface area contributed by atoms with Crippen LogP contribution in [0.1, 0.15) is 13.3 Å². The van der Waals surface area contributed by atoms with Crippen molar-refractivity contribution < 1.29 is 9.53 Å². The maximum atomic E-state index is 8.51. The summed E-state index contributed by atoms with van der Waals surface area (Å²) in [4.78, 5) is 8.51. The molecule has 0 saturated carbocycles. The highest BCUT2D eigenvalue weighted by Gasteiger charge is 1.98. The normalized spacial score (nSPS) is 15.0. The maximum Gasteiger partial charge on any atom is 0.156 e. The van der Waals surface area contributed by atoms with Gasteiger partial charge in [0.25, 0.3) is 0 Å². The fraction of sp³-hybridized carbons (Fsp3) is 1.00. The van der Waals surface area contributed by atoms with E-state index in [2.05, 4.69) is 0 Å². The second-order valence-corrected chi connectivity index (χ2v) is 3.01. The molecule has 3 N–H and O–H groups in total. The first-order valence-electron chi connectivity index (χ1n) is 3.29. The molecule has 0 aromatic carbocycles. The van der Waals surface area contributed by atoms with Crippen LogP contribution in [0, 0.1) is 0 Å². The van der Waals surface area contributed by atoms with Gasteiger partial charge in [-0.3, -0.25) is 0 Å². The number of hydrogen-bond donors (Lipinski definition) is 2. The van der Waals surface area contributed by atoms with Crippen molar-refractivity contribution in [2.75, 3.05) is 6.61 Å². The average Bonchev–Trinajstić information content (AvgIpc) is 1.85. The minimum atomic E-state index is -0.806. The quantitative estimate of drug-likeness (QED) is 0.397. The fourth-order valence-corrected chi connectivity index (χ4v) is 1.17. The summed E-state index contributed by atoms with van der Waals surface area (Å²) in [7, 11) is -0.806. The van der Waals surface area contributed by atoms with E-state index in [0.717, 1.165) is 12.5 Å². The van der Waals surface area contributed by atoms with Gasteiger partial charge in [-0.1, -0.05) is 0 Å². The monoisotopic (exact) mass is 149 g/mol. The van der Waals surface area contributed by atoms with Gasteiger partial charge in [-0.25, -0.2) is 0 Å². The molecule has 0 fully saturated rings. The molecular weight excluding hydrogens is 134 g/mol. The Morgan fingerprint density at radius 1 is 1.78 bits per heavy atom. The van der Waals surface area contributed by atoms with Crippen LogP contribution in [-0.2, 0) is 4.74 Å². The zero-order chi connectivity index (χ0) is 7.11. The summed E-state index contributed by atoms with van der Waals surface area (Å²) in [5, 5.41) is 0. The Morgan fingerprint density at radius 2 is 2.44 bits per heavy atom. The predicted molar refractivity (Wildman–Crippen MR) is 39.8 cm³/mol. The Morgan fingerprint density at radius 3 is 2.89 bits per heavy atom. The first kappa shape index (κ1) is 9.10. The van der Waals surface area contributed by atoms with Crippen molar-refractivity contribution in [2.45, 2.75) is 25.6 Å². The molecule has 9 heavy (non-hydrogen) atoms. The SMILES string of the molecule is CCOC(N)CC[SiH2]O. The van der Waals surface area contributed by atoms with Gasteiger partial charge in [-0.2, -0.15) is 0 Å². The molecule has 0 spiro atoms. The summed E-state index contributed by atoms with van der Waals surface area (Å²) < 4.78 is 5.03. The second-order valence-electron chi connectivity index (χ2n) is 1.86. The van der Waals surface area contributed by atoms with Gasteiger partial charge in [0, 0.05) is 6.61 Å². The molecule has 0 amide bonds. The molecule has 0 saturated heterocycles. The Bertz CT molecular complexity index is 62.9. The van der Waals surface area contributed by atoms with Gasteiger partial charge >= 0.3 is 0 Å². The Kier molecular flexibility index (Phi) is 6.29. The summed E-state index contributed by atoms with van der Waals surface area (Å²) >= 11 is 0. The van der Waals surface area contributed by atoms with Gasteiger partial charge in [-0.15, -0.1) is 0 Å². The van der Waals surface area contributed by atoms with Crippen LogP contribution >= 0.6 is 0 Å². The third-order valence-corrected chi connectivity index (χ3v) is 1.75. The van der Waals surface area contributed by atoms with E-state index in [-0.39, 0.29) is 6.23 Å². The maximum absolute atomic E-state index is 8.51. The molecule has 0 rings (SSSR count). The predicted octanol–water partition coefficient (Wildman–Crippen LogP) is -0.808. The average molecular weight is 149 g/mol. The first-order valence-corrected chi connectivity index (χ1v) is 4.92. The number of hydrogen-bond acceptors (Lipinski definition) is 3. The molecule has 0 aliphatic rings. The minimum absolute atomic E-state index is 0.158. The zero-order valence-corrected chi connectivity index (χ0v) is 7.25. The van der Waals surface area contributed by atoms with Gasteiger partial charge in [0.2, 0.25) is 0 Å². The van der Waals surface area contributed by atoms with Crippen molar-refractivity contribution in [3.8, 4) is 0 Å². The summed E-state index contributed by atoms with van der Waals surface area (Å²) in [6, 6.07) is 0.862. The molecule has 56 valence electrons. The lowest BCUT2D eigenvalue weighted by atomic mass is 10.4. The fourth-order valence-electron chi connectivity index (χ4n) is 0.590. The summed E-state index contributed by atoms with van der Waals surface area (Å²) in [5.74, 6) is 0. The van der Waals surface area contributed by atoms with Crippen LogP contribution in [0.3, 0.4) is 0 Å². The summed E-state index contributed by atoms with van der Waals surface area (Å²) in [6.45, 7) is 2.57. The first-order chi connectivity index (χ1) is 4.31. The number of ether oxygens (including phenoxy) is 1. The molecule has 0 radical (unpaired) electrons. The van der Waals surface area contributed by atoms with Crippen molar-refractivity contribution >= 4 is 9.76 Å². The van der Waals surface area contributed by atoms with Crippen molar-refractivity contribution in [3.63, 3.8) is 0 Å². The zero-order valence-electron chi connectivity index (χ0n) is 5.84. The molecule has 0 aromatic rings. The second kappa shape index (κ2) is 6.22. The van der Waals surface area contributed by atoms with Crippen LogP contribution < -0.4 is 5.73 Å². The van der Waals surface area contributed by atoms with E-state index >= 15 is 0 Å². The lowest BCUT2D eigenvalue weighted by molar-refractivity contribution is 0.0649. The van der Waals surface area contributed by atoms with Crippen molar-refractivity contribution in [1.82, 2.24) is 0 Å². The third kappa shape index (κ3) is 5.98. The molecule has 4 heteroatoms. The highest BCUT2D eigenvalue weighted by atomic mass is 28.2. The summed E-state index contributed by atoms with van der Waals surface area (Å²) in [5.41, 5.74) is 5.46. The van der Waals surface area contributed by atoms with Crippen molar-refractivity contribution in [1.29, 1.82) is 0 Å². The molecule has 0 bridgehead atoms. The van der Waals surface area contributed by atoms with E-state index < -0.39 is 9.76 Å². The van der Waals surface area contributed by atoms with Crippen LogP contribution in [0.4, 0.5) is 0 Å². The molecular formula is C5H15NO2Si. The Balaban J connectivity index is 2.95. The Labute approximate surface area is 58.1 Å². The summed E-state index contributed by atoms with van der Waals surface area (Å²) in [6.07, 6.45) is 0.644. The standard InChI is InChI=1S/C5H15NO2Si/c1-2-8-5(6)3-4-9-7/h5,7H,2-4,6,9H2,1H3. The minimum Gasteiger partial charge on any atom is -0.438 e. The van der Waals surface area contributed by atoms with Crippen LogP contribution in [0.15, 0.2) is 0 Å². The molecule has 0 aliphatic heterocycles. The number of rotatable bonds is 5. The smallest absolute Gasteiger partial charge is 0.156 e. The van der Waals surface area contributed by atoms with E-state index in [1.807, 2.05) is 6.92 Å². The highest BCUT2D eigenvalue weighted by molar-refractivity contribution is 6.25. The van der Waals surface area contributed by atoms with Crippen molar-refractivity contribution in [2.24, 2.45) is 5.73 Å². The molecule has 0 aliphatic carbocycles. The van der Waals surface area contributed by atoms with Gasteiger partial charge in [-0.05, 0) is 19.4 Å². The molecule has 0 aromatic heterocycles. The molecule has 0 heterocycles. The lowest BCUT2D eigenvalue weighted by Crippen LogP contribution is -2.23. The van der Waals surface area contributed by atoms with E-state index in [0.29, 0.717) is 6.61 Å². The molecule has 1 unspecified atom stereocenters. The van der Waals surface area contributed by atoms with Gasteiger partial charge in [0.05, 0.1) is 0 Å². The molecule has 1 atom stereocenters. The lowest BCUT2D eigenvalue weighted by Gasteiger charge is -2.08.